The van der Waals surface area contributed by atoms with Gasteiger partial charge in [-0.25, -0.2) is 4.79 Å². The van der Waals surface area contributed by atoms with E-state index in [4.69, 9.17) is 9.84 Å². The molecule has 1 heterocycles. The van der Waals surface area contributed by atoms with E-state index < -0.39 is 5.97 Å². The van der Waals surface area contributed by atoms with Gasteiger partial charge in [0.1, 0.15) is 10.6 Å². The van der Waals surface area contributed by atoms with Crippen LogP contribution in [0.25, 0.3) is 0 Å². The number of amides is 1. The van der Waals surface area contributed by atoms with Gasteiger partial charge in [0.05, 0.1) is 18.0 Å². The molecule has 1 aromatic carbocycles. The van der Waals surface area contributed by atoms with E-state index in [9.17, 15) is 9.59 Å². The predicted molar refractivity (Wildman–Crippen MR) is 84.8 cm³/mol. The zero-order valence-electron chi connectivity index (χ0n) is 12.6. The molecule has 5 nitrogen and oxygen atoms in total. The number of carboxylic acid groups (broad SMARTS) is 1. The highest BCUT2D eigenvalue weighted by molar-refractivity contribution is 7.15. The first-order valence-electron chi connectivity index (χ1n) is 6.68. The lowest BCUT2D eigenvalue weighted by Gasteiger charge is -2.25. The zero-order chi connectivity index (χ0) is 16.3. The molecule has 0 spiro atoms. The van der Waals surface area contributed by atoms with Gasteiger partial charge < -0.3 is 14.7 Å². The van der Waals surface area contributed by atoms with E-state index in [0.29, 0.717) is 4.88 Å². The topological polar surface area (TPSA) is 66.8 Å². The van der Waals surface area contributed by atoms with Gasteiger partial charge in [-0.15, -0.1) is 11.3 Å². The van der Waals surface area contributed by atoms with Crippen LogP contribution in [-0.2, 0) is 0 Å². The molecule has 6 heteroatoms. The van der Waals surface area contributed by atoms with E-state index in [2.05, 4.69) is 0 Å². The van der Waals surface area contributed by atoms with Crippen LogP contribution in [0.15, 0.2) is 36.4 Å². The fourth-order valence-electron chi connectivity index (χ4n) is 2.02. The second kappa shape index (κ2) is 6.62. The Bertz CT molecular complexity index is 678. The van der Waals surface area contributed by atoms with Gasteiger partial charge in [0.15, 0.2) is 0 Å². The first kappa shape index (κ1) is 16.0. The minimum atomic E-state index is -1.02. The number of carbonyl (C=O) groups excluding carboxylic acids is 1. The Hall–Kier alpha value is -2.34. The third-order valence-electron chi connectivity index (χ3n) is 3.53. The molecular weight excluding hydrogens is 302 g/mol. The molecule has 0 fully saturated rings. The van der Waals surface area contributed by atoms with Crippen LogP contribution in [0.5, 0.6) is 5.75 Å². The number of thiophene rings is 1. The van der Waals surface area contributed by atoms with Gasteiger partial charge >= 0.3 is 5.97 Å². The van der Waals surface area contributed by atoms with Crippen LogP contribution >= 0.6 is 11.3 Å². The molecular formula is C16H17NO4S. The average molecular weight is 319 g/mol. The van der Waals surface area contributed by atoms with Crippen LogP contribution in [0.3, 0.4) is 0 Å². The second-order valence-corrected chi connectivity index (χ2v) is 5.92. The lowest BCUT2D eigenvalue weighted by Crippen LogP contribution is -2.29. The highest BCUT2D eigenvalue weighted by atomic mass is 32.1. The van der Waals surface area contributed by atoms with Gasteiger partial charge in [-0.2, -0.15) is 0 Å². The fourth-order valence-corrected chi connectivity index (χ4v) is 2.85. The second-order valence-electron chi connectivity index (χ2n) is 4.83. The maximum Gasteiger partial charge on any atom is 0.345 e. The fraction of sp³-hybridized carbons (Fsp3) is 0.250. The number of benzene rings is 1. The van der Waals surface area contributed by atoms with Crippen LogP contribution in [0, 0.1) is 0 Å². The van der Waals surface area contributed by atoms with Crippen molar-refractivity contribution in [2.45, 2.75) is 13.0 Å². The van der Waals surface area contributed by atoms with E-state index in [0.717, 1.165) is 22.6 Å². The third kappa shape index (κ3) is 3.28. The summed E-state index contributed by atoms with van der Waals surface area (Å²) in [5.74, 6) is -0.454. The van der Waals surface area contributed by atoms with Crippen molar-refractivity contribution >= 4 is 23.2 Å². The van der Waals surface area contributed by atoms with Crippen molar-refractivity contribution in [3.05, 3.63) is 51.7 Å². The summed E-state index contributed by atoms with van der Waals surface area (Å²) in [5.41, 5.74) is 0.978. The summed E-state index contributed by atoms with van der Waals surface area (Å²) in [4.78, 5) is 25.5. The minimum Gasteiger partial charge on any atom is -0.497 e. The standard InChI is InChI=1S/C16H17NO4S/c1-10(11-4-6-12(21-3)7-5-11)17(2)15(18)13-8-9-14(22-13)16(19)20/h4-10H,1-3H3,(H,19,20). The maximum atomic E-state index is 12.4. The molecule has 0 aliphatic carbocycles. The molecule has 0 aliphatic rings. The number of carboxylic acids is 1. The smallest absolute Gasteiger partial charge is 0.345 e. The number of ether oxygens (including phenoxy) is 1. The molecule has 22 heavy (non-hydrogen) atoms. The Morgan fingerprint density at radius 2 is 1.73 bits per heavy atom. The van der Waals surface area contributed by atoms with E-state index >= 15 is 0 Å². The molecule has 2 rings (SSSR count). The number of aromatic carboxylic acids is 1. The summed E-state index contributed by atoms with van der Waals surface area (Å²) in [5, 5.41) is 8.93. The summed E-state index contributed by atoms with van der Waals surface area (Å²) < 4.78 is 5.12. The Morgan fingerprint density at radius 1 is 1.14 bits per heavy atom. The first-order valence-corrected chi connectivity index (χ1v) is 7.50. The summed E-state index contributed by atoms with van der Waals surface area (Å²) in [7, 11) is 3.31. The van der Waals surface area contributed by atoms with Crippen LogP contribution in [-0.4, -0.2) is 36.0 Å². The lowest BCUT2D eigenvalue weighted by molar-refractivity contribution is 0.0701. The molecule has 1 aromatic heterocycles. The number of carbonyl (C=O) groups is 2. The van der Waals surface area contributed by atoms with Crippen molar-refractivity contribution in [2.75, 3.05) is 14.2 Å². The van der Waals surface area contributed by atoms with Gasteiger partial charge in [-0.05, 0) is 36.8 Å². The van der Waals surface area contributed by atoms with Crippen molar-refractivity contribution in [3.8, 4) is 5.75 Å². The number of methoxy groups -OCH3 is 1. The van der Waals surface area contributed by atoms with E-state index in [1.165, 1.54) is 6.07 Å². The van der Waals surface area contributed by atoms with Crippen molar-refractivity contribution in [3.63, 3.8) is 0 Å². The van der Waals surface area contributed by atoms with Gasteiger partial charge in [0.25, 0.3) is 5.91 Å². The highest BCUT2D eigenvalue weighted by Gasteiger charge is 2.21. The molecule has 0 saturated carbocycles. The Balaban J connectivity index is 2.15. The quantitative estimate of drug-likeness (QED) is 0.918. The Labute approximate surface area is 132 Å². The van der Waals surface area contributed by atoms with Crippen molar-refractivity contribution in [1.82, 2.24) is 4.90 Å². The minimum absolute atomic E-state index is 0.131. The molecule has 0 radical (unpaired) electrons. The molecule has 116 valence electrons. The van der Waals surface area contributed by atoms with Gasteiger partial charge in [-0.1, -0.05) is 12.1 Å². The summed E-state index contributed by atoms with van der Waals surface area (Å²) in [6.07, 6.45) is 0. The molecule has 1 amide bonds. The SMILES string of the molecule is COc1ccc(C(C)N(C)C(=O)c2ccc(C(=O)O)s2)cc1. The number of nitrogens with zero attached hydrogens (tertiary/aromatic N) is 1. The molecule has 1 N–H and O–H groups in total. The molecule has 1 unspecified atom stereocenters. The molecule has 0 saturated heterocycles. The lowest BCUT2D eigenvalue weighted by atomic mass is 10.1. The van der Waals surface area contributed by atoms with Crippen LogP contribution in [0.2, 0.25) is 0 Å². The summed E-state index contributed by atoms with van der Waals surface area (Å²) >= 11 is 0.985. The molecule has 0 aliphatic heterocycles. The molecule has 0 bridgehead atoms. The van der Waals surface area contributed by atoms with Crippen molar-refractivity contribution in [2.24, 2.45) is 0 Å². The van der Waals surface area contributed by atoms with Crippen LogP contribution < -0.4 is 4.74 Å². The number of rotatable bonds is 5. The third-order valence-corrected chi connectivity index (χ3v) is 4.59. The normalized spacial score (nSPS) is 11.8. The van der Waals surface area contributed by atoms with Crippen molar-refractivity contribution < 1.29 is 19.4 Å². The van der Waals surface area contributed by atoms with Gasteiger partial charge in [0.2, 0.25) is 0 Å². The van der Waals surface area contributed by atoms with Gasteiger partial charge in [-0.3, -0.25) is 4.79 Å². The highest BCUT2D eigenvalue weighted by Crippen LogP contribution is 2.25. The van der Waals surface area contributed by atoms with Crippen LogP contribution in [0.1, 0.15) is 37.9 Å². The van der Waals surface area contributed by atoms with Gasteiger partial charge in [0, 0.05) is 7.05 Å². The Kier molecular flexibility index (Phi) is 4.82. The zero-order valence-corrected chi connectivity index (χ0v) is 13.4. The maximum absolute atomic E-state index is 12.4. The van der Waals surface area contributed by atoms with E-state index in [1.54, 1.807) is 25.1 Å². The first-order chi connectivity index (χ1) is 10.4. The number of hydrogen-bond acceptors (Lipinski definition) is 4. The molecule has 2 aromatic rings. The van der Waals surface area contributed by atoms with Crippen LogP contribution in [0.4, 0.5) is 0 Å². The largest absolute Gasteiger partial charge is 0.497 e. The van der Waals surface area contributed by atoms with Crippen molar-refractivity contribution in [1.29, 1.82) is 0 Å². The van der Waals surface area contributed by atoms with E-state index in [1.807, 2.05) is 31.2 Å². The number of hydrogen-bond donors (Lipinski definition) is 1. The predicted octanol–water partition coefficient (Wildman–Crippen LogP) is 3.29. The van der Waals surface area contributed by atoms with E-state index in [-0.39, 0.29) is 16.8 Å². The summed E-state index contributed by atoms with van der Waals surface area (Å²) in [6.45, 7) is 1.92. The summed E-state index contributed by atoms with van der Waals surface area (Å²) in [6, 6.07) is 10.4. The molecule has 1 atom stereocenters. The average Bonchev–Trinajstić information content (AvgIpc) is 3.03. The monoisotopic (exact) mass is 319 g/mol. The Morgan fingerprint density at radius 3 is 2.23 bits per heavy atom.